The molecule has 1 unspecified atom stereocenters. The monoisotopic (exact) mass is 539 g/mol. The zero-order valence-electron chi connectivity index (χ0n) is 22.0. The topological polar surface area (TPSA) is 40.4 Å². The minimum Gasteiger partial charge on any atom is -0.591 e. The van der Waals surface area contributed by atoms with E-state index >= 15 is 0 Å². The standard InChI is InChI=1S/C22H25NO2.C8H11Si.Cu.Li/c1-22(2)14-13-20(18(16-22)15-17-9-5-3-6-10-17)25-21(24)23-19-11-7-4-8-12-19;1-9(2)8-6-4-3-5-7-8;;/h3-12,15,20H,13-14,16H2,1-2H3,(H,23,24);3-7H,1-2H3;;/q;;;+1/p-1/b18-15+;;;. The van der Waals surface area contributed by atoms with Gasteiger partial charge in [0.25, 0.3) is 0 Å². The first-order valence-corrected chi connectivity index (χ1v) is 14.4. The van der Waals surface area contributed by atoms with Crippen LogP contribution < -0.4 is 24.0 Å². The second-order valence-corrected chi connectivity index (χ2v) is 12.3. The summed E-state index contributed by atoms with van der Waals surface area (Å²) in [5, 5.41) is 5.56. The predicted octanol–water partition coefficient (Wildman–Crippen LogP) is 5.14. The van der Waals surface area contributed by atoms with Crippen molar-refractivity contribution in [2.75, 3.05) is 0 Å². The molecule has 0 spiro atoms. The molecular formula is C30H35CuLiNO2Si. The van der Waals surface area contributed by atoms with E-state index in [0.717, 1.165) is 24.8 Å². The van der Waals surface area contributed by atoms with E-state index in [1.807, 2.05) is 36.4 Å². The number of hydrogen-bond donors (Lipinski definition) is 0. The van der Waals surface area contributed by atoms with Gasteiger partial charge in [-0.1, -0.05) is 129 Å². The molecule has 1 atom stereocenters. The van der Waals surface area contributed by atoms with Gasteiger partial charge in [0.05, 0.1) is 8.80 Å². The van der Waals surface area contributed by atoms with Crippen LogP contribution in [0.2, 0.25) is 13.1 Å². The van der Waals surface area contributed by atoms with Gasteiger partial charge in [0, 0.05) is 17.1 Å². The third-order valence-electron chi connectivity index (χ3n) is 5.90. The molecule has 1 aliphatic carbocycles. The van der Waals surface area contributed by atoms with E-state index in [1.165, 1.54) is 10.8 Å². The van der Waals surface area contributed by atoms with Crippen LogP contribution in [0.5, 0.6) is 0 Å². The minimum atomic E-state index is -0.519. The molecule has 0 heterocycles. The van der Waals surface area contributed by atoms with Crippen molar-refractivity contribution >= 4 is 31.8 Å². The van der Waals surface area contributed by atoms with Crippen molar-refractivity contribution in [3.63, 3.8) is 0 Å². The number of para-hydroxylation sites is 1. The largest absolute Gasteiger partial charge is 1.00 e. The summed E-state index contributed by atoms with van der Waals surface area (Å²) in [4.78, 5) is 12.2. The molecule has 36 heavy (non-hydrogen) atoms. The molecule has 3 nitrogen and oxygen atoms in total. The van der Waals surface area contributed by atoms with Crippen molar-refractivity contribution in [3.8, 4) is 0 Å². The third kappa shape index (κ3) is 11.0. The average Bonchev–Trinajstić information content (AvgIpc) is 2.83. The van der Waals surface area contributed by atoms with E-state index in [2.05, 4.69) is 80.8 Å². The Morgan fingerprint density at radius 2 is 1.44 bits per heavy atom. The summed E-state index contributed by atoms with van der Waals surface area (Å²) in [5.74, 6) is 0. The molecule has 1 aliphatic rings. The van der Waals surface area contributed by atoms with Crippen molar-refractivity contribution in [1.82, 2.24) is 0 Å². The number of rotatable bonds is 4. The van der Waals surface area contributed by atoms with Crippen LogP contribution in [0, 0.1) is 5.41 Å². The van der Waals surface area contributed by atoms with Gasteiger partial charge in [-0.25, -0.2) is 0 Å². The van der Waals surface area contributed by atoms with Crippen LogP contribution in [0.4, 0.5) is 10.5 Å². The molecule has 3 aromatic rings. The van der Waals surface area contributed by atoms with Gasteiger partial charge in [0.1, 0.15) is 6.10 Å². The number of hydrogen-bond acceptors (Lipinski definition) is 2. The molecule has 0 aromatic heterocycles. The van der Waals surface area contributed by atoms with Crippen LogP contribution in [0.1, 0.15) is 38.7 Å². The van der Waals surface area contributed by atoms with Crippen LogP contribution in [0.25, 0.3) is 11.4 Å². The van der Waals surface area contributed by atoms with E-state index < -0.39 is 6.09 Å². The van der Waals surface area contributed by atoms with E-state index in [0.29, 0.717) is 5.69 Å². The second kappa shape index (κ2) is 16.0. The Morgan fingerprint density at radius 3 is 1.97 bits per heavy atom. The molecule has 0 N–H and O–H groups in total. The van der Waals surface area contributed by atoms with Crippen LogP contribution in [-0.4, -0.2) is 21.0 Å². The summed E-state index contributed by atoms with van der Waals surface area (Å²) in [5.41, 5.74) is 3.15. The van der Waals surface area contributed by atoms with E-state index in [9.17, 15) is 4.79 Å². The normalized spacial score (nSPS) is 17.0. The predicted molar refractivity (Wildman–Crippen MR) is 145 cm³/mol. The Hall–Kier alpha value is -2.00. The average molecular weight is 540 g/mol. The Bertz CT molecular complexity index is 1060. The molecule has 1 fully saturated rings. The Labute approximate surface area is 241 Å². The fraction of sp³-hybridized carbons (Fsp3) is 0.300. The maximum absolute atomic E-state index is 12.2. The number of amides is 1. The van der Waals surface area contributed by atoms with Gasteiger partial charge in [0.2, 0.25) is 6.09 Å². The van der Waals surface area contributed by atoms with Gasteiger partial charge in [-0.3, -0.25) is 4.79 Å². The number of ether oxygens (including phenoxy) is 1. The molecular weight excluding hydrogens is 505 g/mol. The van der Waals surface area contributed by atoms with Crippen LogP contribution in [0.15, 0.2) is 96.6 Å². The molecule has 1 saturated carbocycles. The molecule has 4 rings (SSSR count). The van der Waals surface area contributed by atoms with Crippen LogP contribution in [-0.2, 0) is 21.8 Å². The first-order chi connectivity index (χ1) is 16.3. The Balaban J connectivity index is 0.000000502. The molecule has 2 radical (unpaired) electrons. The van der Waals surface area contributed by atoms with E-state index in [-0.39, 0.29) is 56.2 Å². The van der Waals surface area contributed by atoms with Crippen molar-refractivity contribution in [2.45, 2.75) is 52.3 Å². The van der Waals surface area contributed by atoms with Gasteiger partial charge in [-0.05, 0) is 35.8 Å². The summed E-state index contributed by atoms with van der Waals surface area (Å²) in [7, 11) is -0.212. The zero-order valence-corrected chi connectivity index (χ0v) is 23.9. The first-order valence-electron chi connectivity index (χ1n) is 11.9. The Morgan fingerprint density at radius 1 is 0.917 bits per heavy atom. The molecule has 0 saturated heterocycles. The van der Waals surface area contributed by atoms with Crippen molar-refractivity contribution in [3.05, 3.63) is 107 Å². The SMILES string of the molecule is CC1(C)CCC(OC(=O)[N-]c2ccccc2)/C(=C/c2ccccc2)C1.C[Si](C)c1ccccc1.[Cu].[Li+]. The summed E-state index contributed by atoms with van der Waals surface area (Å²) in [6.45, 7) is 9.14. The molecule has 6 heteroatoms. The fourth-order valence-electron chi connectivity index (χ4n) is 4.03. The molecule has 3 aromatic carbocycles. The maximum atomic E-state index is 12.2. The maximum Gasteiger partial charge on any atom is 1.00 e. The van der Waals surface area contributed by atoms with E-state index in [4.69, 9.17) is 4.74 Å². The van der Waals surface area contributed by atoms with Gasteiger partial charge >= 0.3 is 18.9 Å². The summed E-state index contributed by atoms with van der Waals surface area (Å²) >= 11 is 0. The summed E-state index contributed by atoms with van der Waals surface area (Å²) < 4.78 is 5.70. The fourth-order valence-corrected chi connectivity index (χ4v) is 4.89. The molecule has 0 aliphatic heterocycles. The Kier molecular flexibility index (Phi) is 14.2. The van der Waals surface area contributed by atoms with Gasteiger partial charge < -0.3 is 10.1 Å². The van der Waals surface area contributed by atoms with Crippen molar-refractivity contribution in [2.24, 2.45) is 5.41 Å². The number of benzene rings is 3. The van der Waals surface area contributed by atoms with Gasteiger partial charge in [-0.2, -0.15) is 0 Å². The number of nitrogens with zero attached hydrogens (tertiary/aromatic N) is 1. The van der Waals surface area contributed by atoms with Crippen LogP contribution in [0.3, 0.4) is 0 Å². The van der Waals surface area contributed by atoms with Crippen LogP contribution >= 0.6 is 0 Å². The van der Waals surface area contributed by atoms with Crippen molar-refractivity contribution in [1.29, 1.82) is 0 Å². The molecule has 0 bridgehead atoms. The number of carbonyl (C=O) groups is 1. The van der Waals surface area contributed by atoms with E-state index in [1.54, 1.807) is 12.1 Å². The van der Waals surface area contributed by atoms with Gasteiger partial charge in [0.15, 0.2) is 0 Å². The summed E-state index contributed by atoms with van der Waals surface area (Å²) in [6.07, 6.45) is 4.22. The van der Waals surface area contributed by atoms with Gasteiger partial charge in [-0.15, -0.1) is 5.69 Å². The number of carbonyl (C=O) groups excluding carboxylic acids is 1. The minimum absolute atomic E-state index is 0. The quantitative estimate of drug-likeness (QED) is 0.431. The second-order valence-electron chi connectivity index (χ2n) is 9.70. The molecule has 1 amide bonds. The zero-order chi connectivity index (χ0) is 24.4. The third-order valence-corrected chi connectivity index (χ3v) is 7.39. The molecule has 188 valence electrons. The van der Waals surface area contributed by atoms with Crippen molar-refractivity contribution < 1.29 is 45.5 Å². The smallest absolute Gasteiger partial charge is 0.591 e. The first kappa shape index (κ1) is 32.0. The summed E-state index contributed by atoms with van der Waals surface area (Å²) in [6, 6.07) is 30.1.